The van der Waals surface area contributed by atoms with Crippen LogP contribution in [0.1, 0.15) is 12.8 Å². The van der Waals surface area contributed by atoms with Gasteiger partial charge in [0.2, 0.25) is 5.91 Å². The van der Waals surface area contributed by atoms with Crippen LogP contribution in [-0.4, -0.2) is 27.4 Å². The van der Waals surface area contributed by atoms with Crippen LogP contribution in [0.4, 0.5) is 5.69 Å². The van der Waals surface area contributed by atoms with Gasteiger partial charge in [0.15, 0.2) is 0 Å². The summed E-state index contributed by atoms with van der Waals surface area (Å²) in [7, 11) is 0. The number of carbonyl (C=O) groups excluding carboxylic acids is 1. The summed E-state index contributed by atoms with van der Waals surface area (Å²) in [6, 6.07) is 9.27. The van der Waals surface area contributed by atoms with Crippen LogP contribution >= 0.6 is 0 Å². The fourth-order valence-electron chi connectivity index (χ4n) is 1.58. The number of aliphatic hydroxyl groups excluding tert-OH is 1. The Hall–Kier alpha value is -2.14. The van der Waals surface area contributed by atoms with Crippen molar-refractivity contribution in [3.63, 3.8) is 0 Å². The maximum Gasteiger partial charge on any atom is 0.224 e. The highest BCUT2D eigenvalue weighted by molar-refractivity contribution is 5.90. The van der Waals surface area contributed by atoms with Gasteiger partial charge in [0.25, 0.3) is 0 Å². The van der Waals surface area contributed by atoms with E-state index in [-0.39, 0.29) is 12.5 Å². The van der Waals surface area contributed by atoms with Crippen LogP contribution in [0.5, 0.6) is 0 Å². The van der Waals surface area contributed by atoms with E-state index in [1.165, 1.54) is 0 Å². The standard InChI is InChI=1S/C13H15N3O2/c17-10-1-3-13(18)15-11-4-6-12(7-5-11)16-9-2-8-14-16/h2,4-9,17H,1,3,10H2,(H,15,18). The van der Waals surface area contributed by atoms with E-state index in [1.54, 1.807) is 10.9 Å². The van der Waals surface area contributed by atoms with Crippen molar-refractivity contribution in [2.45, 2.75) is 12.8 Å². The smallest absolute Gasteiger partial charge is 0.224 e. The van der Waals surface area contributed by atoms with Crippen LogP contribution < -0.4 is 5.32 Å². The summed E-state index contributed by atoms with van der Waals surface area (Å²) in [6.45, 7) is 0.0334. The lowest BCUT2D eigenvalue weighted by Gasteiger charge is -2.06. The first kappa shape index (κ1) is 12.3. The van der Waals surface area contributed by atoms with E-state index in [2.05, 4.69) is 10.4 Å². The molecule has 94 valence electrons. The highest BCUT2D eigenvalue weighted by atomic mass is 16.3. The monoisotopic (exact) mass is 245 g/mol. The third-order valence-corrected chi connectivity index (χ3v) is 2.48. The Morgan fingerprint density at radius 1 is 1.33 bits per heavy atom. The maximum atomic E-state index is 11.4. The van der Waals surface area contributed by atoms with E-state index in [1.807, 2.05) is 36.5 Å². The second kappa shape index (κ2) is 5.97. The molecule has 2 aromatic rings. The first-order chi connectivity index (χ1) is 8.79. The van der Waals surface area contributed by atoms with E-state index in [4.69, 9.17) is 5.11 Å². The van der Waals surface area contributed by atoms with Gasteiger partial charge in [0.05, 0.1) is 5.69 Å². The molecule has 0 unspecified atom stereocenters. The molecule has 0 bridgehead atoms. The number of anilines is 1. The van der Waals surface area contributed by atoms with Crippen molar-refractivity contribution in [2.75, 3.05) is 11.9 Å². The minimum Gasteiger partial charge on any atom is -0.396 e. The van der Waals surface area contributed by atoms with Crippen molar-refractivity contribution in [3.8, 4) is 5.69 Å². The van der Waals surface area contributed by atoms with Crippen LogP contribution in [0.25, 0.3) is 5.69 Å². The molecule has 18 heavy (non-hydrogen) atoms. The second-order valence-electron chi connectivity index (χ2n) is 3.87. The fourth-order valence-corrected chi connectivity index (χ4v) is 1.58. The molecule has 0 fully saturated rings. The summed E-state index contributed by atoms with van der Waals surface area (Å²) in [6.07, 6.45) is 4.38. The zero-order valence-electron chi connectivity index (χ0n) is 9.91. The van der Waals surface area contributed by atoms with Crippen LogP contribution in [0.2, 0.25) is 0 Å². The van der Waals surface area contributed by atoms with E-state index in [0.29, 0.717) is 12.8 Å². The zero-order chi connectivity index (χ0) is 12.8. The summed E-state index contributed by atoms with van der Waals surface area (Å²) in [4.78, 5) is 11.4. The first-order valence-corrected chi connectivity index (χ1v) is 5.80. The Morgan fingerprint density at radius 3 is 2.72 bits per heavy atom. The minimum absolute atomic E-state index is 0.0334. The molecule has 0 aliphatic heterocycles. The summed E-state index contributed by atoms with van der Waals surface area (Å²) in [5, 5.41) is 15.5. The van der Waals surface area contributed by atoms with Gasteiger partial charge in [-0.2, -0.15) is 5.10 Å². The molecule has 0 saturated heterocycles. The first-order valence-electron chi connectivity index (χ1n) is 5.80. The third kappa shape index (κ3) is 3.18. The largest absolute Gasteiger partial charge is 0.396 e. The fraction of sp³-hybridized carbons (Fsp3) is 0.231. The molecule has 5 nitrogen and oxygen atoms in total. The molecule has 0 spiro atoms. The Morgan fingerprint density at radius 2 is 2.11 bits per heavy atom. The van der Waals surface area contributed by atoms with Gasteiger partial charge in [0, 0.05) is 31.1 Å². The molecule has 1 heterocycles. The number of hydrogen-bond acceptors (Lipinski definition) is 3. The van der Waals surface area contributed by atoms with E-state index in [9.17, 15) is 4.79 Å². The molecule has 2 rings (SSSR count). The van der Waals surface area contributed by atoms with Gasteiger partial charge in [-0.3, -0.25) is 4.79 Å². The average molecular weight is 245 g/mol. The van der Waals surface area contributed by atoms with Crippen molar-refractivity contribution in [3.05, 3.63) is 42.7 Å². The van der Waals surface area contributed by atoms with E-state index >= 15 is 0 Å². The Bertz CT molecular complexity index is 491. The third-order valence-electron chi connectivity index (χ3n) is 2.48. The Labute approximate surface area is 105 Å². The SMILES string of the molecule is O=C(CCCO)Nc1ccc(-n2cccn2)cc1. The van der Waals surface area contributed by atoms with Crippen molar-refractivity contribution in [1.29, 1.82) is 0 Å². The summed E-state index contributed by atoms with van der Waals surface area (Å²) >= 11 is 0. The molecule has 5 heteroatoms. The molecule has 0 aliphatic carbocycles. The van der Waals surface area contributed by atoms with Gasteiger partial charge in [-0.25, -0.2) is 4.68 Å². The van der Waals surface area contributed by atoms with E-state index in [0.717, 1.165) is 11.4 Å². The van der Waals surface area contributed by atoms with Gasteiger partial charge < -0.3 is 10.4 Å². The predicted octanol–water partition coefficient (Wildman–Crippen LogP) is 1.58. The number of aromatic nitrogens is 2. The number of aliphatic hydroxyl groups is 1. The average Bonchev–Trinajstić information content (AvgIpc) is 2.91. The Kier molecular flexibility index (Phi) is 4.09. The van der Waals surface area contributed by atoms with Gasteiger partial charge in [-0.1, -0.05) is 0 Å². The van der Waals surface area contributed by atoms with Gasteiger partial charge in [0.1, 0.15) is 0 Å². The number of nitrogens with one attached hydrogen (secondary N) is 1. The number of rotatable bonds is 5. The number of carbonyl (C=O) groups is 1. The summed E-state index contributed by atoms with van der Waals surface area (Å²) in [5.74, 6) is -0.0871. The summed E-state index contributed by atoms with van der Waals surface area (Å²) in [5.41, 5.74) is 1.68. The minimum atomic E-state index is -0.0871. The predicted molar refractivity (Wildman–Crippen MR) is 68.5 cm³/mol. The van der Waals surface area contributed by atoms with Crippen LogP contribution in [0.15, 0.2) is 42.7 Å². The molecule has 2 N–H and O–H groups in total. The zero-order valence-corrected chi connectivity index (χ0v) is 9.91. The van der Waals surface area contributed by atoms with Gasteiger partial charge in [-0.05, 0) is 36.8 Å². The number of hydrogen-bond donors (Lipinski definition) is 2. The summed E-state index contributed by atoms with van der Waals surface area (Å²) < 4.78 is 1.75. The van der Waals surface area contributed by atoms with Gasteiger partial charge in [-0.15, -0.1) is 0 Å². The molecule has 0 saturated carbocycles. The maximum absolute atomic E-state index is 11.4. The molecular formula is C13H15N3O2. The van der Waals surface area contributed by atoms with Crippen molar-refractivity contribution >= 4 is 11.6 Å². The van der Waals surface area contributed by atoms with Crippen LogP contribution in [0, 0.1) is 0 Å². The molecule has 1 aromatic carbocycles. The Balaban J connectivity index is 1.98. The molecule has 0 aliphatic rings. The highest BCUT2D eigenvalue weighted by Crippen LogP contribution is 2.12. The molecule has 0 atom stereocenters. The lowest BCUT2D eigenvalue weighted by molar-refractivity contribution is -0.116. The second-order valence-corrected chi connectivity index (χ2v) is 3.87. The van der Waals surface area contributed by atoms with Crippen molar-refractivity contribution < 1.29 is 9.90 Å². The number of benzene rings is 1. The molecule has 1 amide bonds. The highest BCUT2D eigenvalue weighted by Gasteiger charge is 2.02. The van der Waals surface area contributed by atoms with Gasteiger partial charge >= 0.3 is 0 Å². The number of amides is 1. The van der Waals surface area contributed by atoms with Crippen molar-refractivity contribution in [1.82, 2.24) is 9.78 Å². The van der Waals surface area contributed by atoms with Crippen molar-refractivity contribution in [2.24, 2.45) is 0 Å². The molecular weight excluding hydrogens is 230 g/mol. The van der Waals surface area contributed by atoms with E-state index < -0.39 is 0 Å². The quantitative estimate of drug-likeness (QED) is 0.840. The number of nitrogens with zero attached hydrogens (tertiary/aromatic N) is 2. The van der Waals surface area contributed by atoms with Crippen LogP contribution in [-0.2, 0) is 4.79 Å². The lowest BCUT2D eigenvalue weighted by atomic mass is 10.2. The normalized spacial score (nSPS) is 10.3. The lowest BCUT2D eigenvalue weighted by Crippen LogP contribution is -2.11. The molecule has 1 aromatic heterocycles. The van der Waals surface area contributed by atoms with Crippen LogP contribution in [0.3, 0.4) is 0 Å². The molecule has 0 radical (unpaired) electrons. The topological polar surface area (TPSA) is 67.2 Å².